The van der Waals surface area contributed by atoms with Crippen molar-refractivity contribution >= 4 is 37.5 Å². The summed E-state index contributed by atoms with van der Waals surface area (Å²) in [6.45, 7) is 0.413. The molecule has 0 saturated carbocycles. The van der Waals surface area contributed by atoms with Gasteiger partial charge in [0.1, 0.15) is 11.6 Å². The van der Waals surface area contributed by atoms with Crippen LogP contribution >= 0.6 is 31.9 Å². The van der Waals surface area contributed by atoms with E-state index < -0.39 is 0 Å². The van der Waals surface area contributed by atoms with E-state index in [-0.39, 0.29) is 5.82 Å². The van der Waals surface area contributed by atoms with Crippen molar-refractivity contribution in [2.45, 2.75) is 6.54 Å². The fourth-order valence-corrected chi connectivity index (χ4v) is 2.95. The molecule has 0 aromatic heterocycles. The molecule has 19 heavy (non-hydrogen) atoms. The van der Waals surface area contributed by atoms with Crippen molar-refractivity contribution in [2.75, 3.05) is 12.4 Å². The van der Waals surface area contributed by atoms with Crippen LogP contribution in [0.3, 0.4) is 0 Å². The van der Waals surface area contributed by atoms with Gasteiger partial charge in [-0.05, 0) is 44.0 Å². The number of benzene rings is 2. The number of hydrogen-bond donors (Lipinski definition) is 1. The summed E-state index contributed by atoms with van der Waals surface area (Å²) < 4.78 is 20.5. The van der Waals surface area contributed by atoms with E-state index in [0.29, 0.717) is 12.1 Å². The molecule has 0 bridgehead atoms. The smallest absolute Gasteiger partial charge is 0.135 e. The fourth-order valence-electron chi connectivity index (χ4n) is 1.65. The van der Waals surface area contributed by atoms with Gasteiger partial charge in [0, 0.05) is 22.6 Å². The van der Waals surface area contributed by atoms with Crippen LogP contribution in [-0.4, -0.2) is 7.11 Å². The van der Waals surface area contributed by atoms with Gasteiger partial charge in [-0.1, -0.05) is 18.2 Å². The Hall–Kier alpha value is -1.07. The molecule has 0 aliphatic carbocycles. The second kappa shape index (κ2) is 6.39. The van der Waals surface area contributed by atoms with Crippen molar-refractivity contribution in [1.82, 2.24) is 0 Å². The summed E-state index contributed by atoms with van der Waals surface area (Å²) in [7, 11) is 1.61. The Bertz CT molecular complexity index is 590. The fraction of sp³-hybridized carbons (Fsp3) is 0.143. The maximum atomic E-state index is 13.5. The monoisotopic (exact) mass is 387 g/mol. The van der Waals surface area contributed by atoms with Crippen LogP contribution in [-0.2, 0) is 6.54 Å². The molecule has 2 aromatic carbocycles. The van der Waals surface area contributed by atoms with E-state index in [1.54, 1.807) is 19.2 Å². The van der Waals surface area contributed by atoms with Gasteiger partial charge >= 0.3 is 0 Å². The molecule has 2 aromatic rings. The van der Waals surface area contributed by atoms with Crippen LogP contribution in [0.4, 0.5) is 10.1 Å². The molecule has 0 amide bonds. The van der Waals surface area contributed by atoms with E-state index in [1.807, 2.05) is 18.2 Å². The first-order chi connectivity index (χ1) is 9.11. The molecule has 0 unspecified atom stereocenters. The van der Waals surface area contributed by atoms with E-state index in [2.05, 4.69) is 37.2 Å². The van der Waals surface area contributed by atoms with Crippen molar-refractivity contribution in [3.05, 3.63) is 56.7 Å². The number of ether oxygens (including phenoxy) is 1. The molecule has 0 aliphatic rings. The van der Waals surface area contributed by atoms with Crippen molar-refractivity contribution in [3.63, 3.8) is 0 Å². The highest BCUT2D eigenvalue weighted by Gasteiger charge is 2.08. The summed E-state index contributed by atoms with van der Waals surface area (Å²) in [5.41, 5.74) is 1.47. The molecule has 5 heteroatoms. The van der Waals surface area contributed by atoms with Gasteiger partial charge in [-0.15, -0.1) is 0 Å². The van der Waals surface area contributed by atoms with Crippen LogP contribution in [0.25, 0.3) is 0 Å². The Kier molecular flexibility index (Phi) is 4.82. The maximum absolute atomic E-state index is 13.5. The quantitative estimate of drug-likeness (QED) is 0.798. The van der Waals surface area contributed by atoms with Crippen LogP contribution in [0.2, 0.25) is 0 Å². The summed E-state index contributed by atoms with van der Waals surface area (Å²) in [5.74, 6) is 0.509. The molecule has 0 atom stereocenters. The summed E-state index contributed by atoms with van der Waals surface area (Å²) in [6.07, 6.45) is 0. The van der Waals surface area contributed by atoms with Crippen molar-refractivity contribution in [1.29, 1.82) is 0 Å². The Morgan fingerprint density at radius 1 is 1.16 bits per heavy atom. The lowest BCUT2D eigenvalue weighted by atomic mass is 10.2. The minimum Gasteiger partial charge on any atom is -0.495 e. The van der Waals surface area contributed by atoms with Crippen molar-refractivity contribution < 1.29 is 9.13 Å². The zero-order chi connectivity index (χ0) is 13.8. The Morgan fingerprint density at radius 2 is 1.89 bits per heavy atom. The SMILES string of the molecule is COc1cc(NCc2ccccc2F)c(Br)cc1Br. The average Bonchev–Trinajstić information content (AvgIpc) is 2.39. The van der Waals surface area contributed by atoms with Crippen molar-refractivity contribution in [3.8, 4) is 5.75 Å². The highest BCUT2D eigenvalue weighted by molar-refractivity contribution is 9.11. The molecule has 0 aliphatic heterocycles. The lowest BCUT2D eigenvalue weighted by Crippen LogP contribution is -2.02. The highest BCUT2D eigenvalue weighted by atomic mass is 79.9. The van der Waals surface area contributed by atoms with Gasteiger partial charge in [-0.2, -0.15) is 0 Å². The first-order valence-electron chi connectivity index (χ1n) is 5.62. The number of halogens is 3. The molecular weight excluding hydrogens is 377 g/mol. The molecule has 0 fully saturated rings. The summed E-state index contributed by atoms with van der Waals surface area (Å²) in [5, 5.41) is 3.18. The molecule has 0 heterocycles. The average molecular weight is 389 g/mol. The molecule has 100 valence electrons. The molecule has 2 rings (SSSR count). The largest absolute Gasteiger partial charge is 0.495 e. The van der Waals surface area contributed by atoms with Crippen LogP contribution < -0.4 is 10.1 Å². The number of methoxy groups -OCH3 is 1. The molecule has 0 saturated heterocycles. The summed E-state index contributed by atoms with van der Waals surface area (Å²) in [6, 6.07) is 10.5. The minimum absolute atomic E-state index is 0.213. The normalized spacial score (nSPS) is 10.3. The number of anilines is 1. The molecule has 2 nitrogen and oxygen atoms in total. The predicted octanol–water partition coefficient (Wildman–Crippen LogP) is 4.97. The highest BCUT2D eigenvalue weighted by Crippen LogP contribution is 2.34. The lowest BCUT2D eigenvalue weighted by Gasteiger charge is -2.12. The zero-order valence-electron chi connectivity index (χ0n) is 10.2. The summed E-state index contributed by atoms with van der Waals surface area (Å²) in [4.78, 5) is 0. The van der Waals surface area contributed by atoms with E-state index >= 15 is 0 Å². The standard InChI is InChI=1S/C14H12Br2FNO/c1-19-14-7-13(10(15)6-11(14)16)18-8-9-4-2-3-5-12(9)17/h2-7,18H,8H2,1H3. The second-order valence-corrected chi connectivity index (χ2v) is 5.62. The zero-order valence-corrected chi connectivity index (χ0v) is 13.4. The summed E-state index contributed by atoms with van der Waals surface area (Å²) >= 11 is 6.87. The van der Waals surface area contributed by atoms with Crippen LogP contribution in [0, 0.1) is 5.82 Å². The van der Waals surface area contributed by atoms with E-state index in [4.69, 9.17) is 4.74 Å². The van der Waals surface area contributed by atoms with E-state index in [0.717, 1.165) is 20.4 Å². The Balaban J connectivity index is 2.18. The third-order valence-corrected chi connectivity index (χ3v) is 3.94. The van der Waals surface area contributed by atoms with Gasteiger partial charge in [-0.25, -0.2) is 4.39 Å². The minimum atomic E-state index is -0.213. The van der Waals surface area contributed by atoms with Gasteiger partial charge < -0.3 is 10.1 Å². The topological polar surface area (TPSA) is 21.3 Å². The lowest BCUT2D eigenvalue weighted by molar-refractivity contribution is 0.412. The predicted molar refractivity (Wildman–Crippen MR) is 82.1 cm³/mol. The maximum Gasteiger partial charge on any atom is 0.135 e. The number of nitrogens with one attached hydrogen (secondary N) is 1. The molecule has 0 radical (unpaired) electrons. The van der Waals surface area contributed by atoms with E-state index in [9.17, 15) is 4.39 Å². The van der Waals surface area contributed by atoms with Crippen LogP contribution in [0.15, 0.2) is 45.3 Å². The second-order valence-electron chi connectivity index (χ2n) is 3.91. The third-order valence-electron chi connectivity index (χ3n) is 2.67. The molecule has 1 N–H and O–H groups in total. The Morgan fingerprint density at radius 3 is 2.58 bits per heavy atom. The first-order valence-corrected chi connectivity index (χ1v) is 7.20. The van der Waals surface area contributed by atoms with Gasteiger partial charge in [0.2, 0.25) is 0 Å². The number of rotatable bonds is 4. The number of hydrogen-bond acceptors (Lipinski definition) is 2. The van der Waals surface area contributed by atoms with Gasteiger partial charge in [0.25, 0.3) is 0 Å². The first kappa shape index (κ1) is 14.3. The van der Waals surface area contributed by atoms with Crippen molar-refractivity contribution in [2.24, 2.45) is 0 Å². The third kappa shape index (κ3) is 3.48. The van der Waals surface area contributed by atoms with Gasteiger partial charge in [0.05, 0.1) is 17.3 Å². The molecular formula is C14H12Br2FNO. The van der Waals surface area contributed by atoms with Crippen LogP contribution in [0.5, 0.6) is 5.75 Å². The van der Waals surface area contributed by atoms with Gasteiger partial charge in [-0.3, -0.25) is 0 Å². The molecule has 0 spiro atoms. The Labute approximate surface area is 128 Å². The van der Waals surface area contributed by atoms with E-state index in [1.165, 1.54) is 6.07 Å². The van der Waals surface area contributed by atoms with Gasteiger partial charge in [0.15, 0.2) is 0 Å². The van der Waals surface area contributed by atoms with Crippen LogP contribution in [0.1, 0.15) is 5.56 Å².